The van der Waals surface area contributed by atoms with Crippen molar-refractivity contribution in [2.75, 3.05) is 25.7 Å². The Bertz CT molecular complexity index is 696. The number of ether oxygens (including phenoxy) is 2. The summed E-state index contributed by atoms with van der Waals surface area (Å²) >= 11 is 0. The first-order chi connectivity index (χ1) is 11.5. The molecule has 7 heteroatoms. The maximum atomic E-state index is 5.61. The first kappa shape index (κ1) is 16.9. The molecule has 1 aliphatic rings. The van der Waals surface area contributed by atoms with Crippen LogP contribution in [0.2, 0.25) is 0 Å². The van der Waals surface area contributed by atoms with E-state index < -0.39 is 0 Å². The molecule has 7 nitrogen and oxygen atoms in total. The molecule has 0 aliphatic carbocycles. The molecule has 0 unspecified atom stereocenters. The number of rotatable bonds is 5. The van der Waals surface area contributed by atoms with Crippen LogP contribution in [-0.4, -0.2) is 46.8 Å². The normalized spacial score (nSPS) is 20.8. The minimum absolute atomic E-state index is 0.118. The van der Waals surface area contributed by atoms with E-state index in [2.05, 4.69) is 19.9 Å². The predicted octanol–water partition coefficient (Wildman–Crippen LogP) is 2.24. The van der Waals surface area contributed by atoms with E-state index in [1.807, 2.05) is 26.8 Å². The average molecular weight is 331 g/mol. The number of aryl methyl sites for hydroxylation is 3. The van der Waals surface area contributed by atoms with Gasteiger partial charge < -0.3 is 19.4 Å². The zero-order valence-corrected chi connectivity index (χ0v) is 15.0. The van der Waals surface area contributed by atoms with Gasteiger partial charge in [0.1, 0.15) is 18.2 Å². The highest BCUT2D eigenvalue weighted by Gasteiger charge is 2.36. The van der Waals surface area contributed by atoms with E-state index in [0.717, 1.165) is 41.7 Å². The summed E-state index contributed by atoms with van der Waals surface area (Å²) < 4.78 is 10.8. The monoisotopic (exact) mass is 331 g/mol. The van der Waals surface area contributed by atoms with Crippen LogP contribution in [0.5, 0.6) is 0 Å². The molecule has 0 aromatic carbocycles. The van der Waals surface area contributed by atoms with Crippen LogP contribution in [0.1, 0.15) is 41.2 Å². The van der Waals surface area contributed by atoms with Gasteiger partial charge in [-0.05, 0) is 20.8 Å². The summed E-state index contributed by atoms with van der Waals surface area (Å²) in [6.07, 6.45) is 1.04. The van der Waals surface area contributed by atoms with Gasteiger partial charge in [0.05, 0.1) is 17.8 Å². The first-order valence-electron chi connectivity index (χ1n) is 8.17. The zero-order chi connectivity index (χ0) is 17.3. The molecule has 0 bridgehead atoms. The SMILES string of the molecule is COCc1nc(C)cc(N2C[C@H](OC)C[C@H]2c2nc(C)c(C)[nH]2)n1. The Kier molecular flexibility index (Phi) is 4.82. The number of imidazole rings is 1. The van der Waals surface area contributed by atoms with Gasteiger partial charge in [0.2, 0.25) is 0 Å². The third-order valence-corrected chi connectivity index (χ3v) is 4.51. The van der Waals surface area contributed by atoms with Crippen molar-refractivity contribution in [3.8, 4) is 0 Å². The highest BCUT2D eigenvalue weighted by atomic mass is 16.5. The summed E-state index contributed by atoms with van der Waals surface area (Å²) in [7, 11) is 3.41. The fourth-order valence-corrected chi connectivity index (χ4v) is 3.17. The Morgan fingerprint density at radius 1 is 1.21 bits per heavy atom. The molecule has 2 aromatic rings. The number of nitrogens with one attached hydrogen (secondary N) is 1. The minimum atomic E-state index is 0.118. The zero-order valence-electron chi connectivity index (χ0n) is 15.0. The number of aromatic nitrogens is 4. The lowest BCUT2D eigenvalue weighted by Crippen LogP contribution is -2.27. The maximum absolute atomic E-state index is 5.61. The molecule has 1 fully saturated rings. The van der Waals surface area contributed by atoms with Gasteiger partial charge in [-0.25, -0.2) is 15.0 Å². The van der Waals surface area contributed by atoms with Gasteiger partial charge in [-0.3, -0.25) is 0 Å². The number of anilines is 1. The van der Waals surface area contributed by atoms with E-state index in [4.69, 9.17) is 14.5 Å². The third kappa shape index (κ3) is 3.27. The van der Waals surface area contributed by atoms with Gasteiger partial charge >= 0.3 is 0 Å². The van der Waals surface area contributed by atoms with Crippen molar-refractivity contribution < 1.29 is 9.47 Å². The molecule has 1 aliphatic heterocycles. The van der Waals surface area contributed by atoms with Crippen LogP contribution in [0.4, 0.5) is 5.82 Å². The molecule has 3 rings (SSSR count). The molecule has 2 aromatic heterocycles. The van der Waals surface area contributed by atoms with Crippen molar-refractivity contribution >= 4 is 5.82 Å². The van der Waals surface area contributed by atoms with Crippen molar-refractivity contribution in [2.24, 2.45) is 0 Å². The number of H-pyrrole nitrogens is 1. The van der Waals surface area contributed by atoms with Crippen LogP contribution in [0.25, 0.3) is 0 Å². The van der Waals surface area contributed by atoms with Crippen molar-refractivity contribution in [3.63, 3.8) is 0 Å². The number of nitrogens with zero attached hydrogens (tertiary/aromatic N) is 4. The topological polar surface area (TPSA) is 76.2 Å². The second-order valence-electron chi connectivity index (χ2n) is 6.31. The maximum Gasteiger partial charge on any atom is 0.156 e. The highest BCUT2D eigenvalue weighted by molar-refractivity contribution is 5.44. The van der Waals surface area contributed by atoms with E-state index in [1.54, 1.807) is 14.2 Å². The Morgan fingerprint density at radius 2 is 2.00 bits per heavy atom. The molecule has 2 atom stereocenters. The molecule has 0 radical (unpaired) electrons. The van der Waals surface area contributed by atoms with E-state index in [9.17, 15) is 0 Å². The number of hydrogen-bond donors (Lipinski definition) is 1. The third-order valence-electron chi connectivity index (χ3n) is 4.51. The van der Waals surface area contributed by atoms with Crippen molar-refractivity contribution in [2.45, 2.75) is 45.9 Å². The summed E-state index contributed by atoms with van der Waals surface area (Å²) in [6, 6.07) is 2.12. The lowest BCUT2D eigenvalue weighted by Gasteiger charge is -2.24. The summed E-state index contributed by atoms with van der Waals surface area (Å²) in [6.45, 7) is 7.23. The van der Waals surface area contributed by atoms with Gasteiger partial charge in [-0.1, -0.05) is 0 Å². The van der Waals surface area contributed by atoms with Gasteiger partial charge in [-0.15, -0.1) is 0 Å². The molecular weight excluding hydrogens is 306 g/mol. The largest absolute Gasteiger partial charge is 0.380 e. The van der Waals surface area contributed by atoms with Crippen LogP contribution in [0.15, 0.2) is 6.07 Å². The van der Waals surface area contributed by atoms with Crippen LogP contribution in [0.3, 0.4) is 0 Å². The van der Waals surface area contributed by atoms with E-state index in [0.29, 0.717) is 12.4 Å². The molecule has 0 amide bonds. The molecule has 130 valence electrons. The summed E-state index contributed by atoms with van der Waals surface area (Å²) in [4.78, 5) is 19.5. The molecular formula is C17H25N5O2. The lowest BCUT2D eigenvalue weighted by molar-refractivity contribution is 0.118. The molecule has 0 spiro atoms. The van der Waals surface area contributed by atoms with Gasteiger partial charge in [0.25, 0.3) is 0 Å². The Hall–Kier alpha value is -1.99. The Morgan fingerprint density at radius 3 is 2.62 bits per heavy atom. The van der Waals surface area contributed by atoms with Crippen LogP contribution < -0.4 is 4.90 Å². The van der Waals surface area contributed by atoms with Crippen molar-refractivity contribution in [1.29, 1.82) is 0 Å². The standard InChI is InChI=1S/C17H25N5O2/c1-10-6-16(21-15(18-10)9-23-4)22-8-13(24-5)7-14(22)17-19-11(2)12(3)20-17/h6,13-14H,7-9H2,1-5H3,(H,19,20)/t13-,14+/m1/s1. The quantitative estimate of drug-likeness (QED) is 0.905. The Labute approximate surface area is 142 Å². The van der Waals surface area contributed by atoms with Crippen LogP contribution in [0, 0.1) is 20.8 Å². The molecule has 3 heterocycles. The molecule has 1 saturated heterocycles. The second kappa shape index (κ2) is 6.86. The molecule has 0 saturated carbocycles. The van der Waals surface area contributed by atoms with Gasteiger partial charge in [0.15, 0.2) is 5.82 Å². The average Bonchev–Trinajstić information content (AvgIpc) is 3.11. The van der Waals surface area contributed by atoms with Crippen LogP contribution in [-0.2, 0) is 16.1 Å². The fraction of sp³-hybridized carbons (Fsp3) is 0.588. The molecule has 24 heavy (non-hydrogen) atoms. The number of hydrogen-bond acceptors (Lipinski definition) is 6. The van der Waals surface area contributed by atoms with Gasteiger partial charge in [0, 0.05) is 44.6 Å². The second-order valence-corrected chi connectivity index (χ2v) is 6.31. The van der Waals surface area contributed by atoms with Crippen molar-refractivity contribution in [1.82, 2.24) is 19.9 Å². The van der Waals surface area contributed by atoms with E-state index in [1.165, 1.54) is 0 Å². The molecule has 1 N–H and O–H groups in total. The van der Waals surface area contributed by atoms with E-state index >= 15 is 0 Å². The fourth-order valence-electron chi connectivity index (χ4n) is 3.17. The Balaban J connectivity index is 1.97. The summed E-state index contributed by atoms with van der Waals surface area (Å²) in [5.74, 6) is 2.55. The smallest absolute Gasteiger partial charge is 0.156 e. The van der Waals surface area contributed by atoms with E-state index in [-0.39, 0.29) is 12.1 Å². The summed E-state index contributed by atoms with van der Waals surface area (Å²) in [5.41, 5.74) is 3.06. The lowest BCUT2D eigenvalue weighted by atomic mass is 10.2. The minimum Gasteiger partial charge on any atom is -0.380 e. The number of methoxy groups -OCH3 is 2. The number of aromatic amines is 1. The highest BCUT2D eigenvalue weighted by Crippen LogP contribution is 2.35. The van der Waals surface area contributed by atoms with Crippen molar-refractivity contribution in [3.05, 3.63) is 34.8 Å². The predicted molar refractivity (Wildman–Crippen MR) is 91.0 cm³/mol. The van der Waals surface area contributed by atoms with Gasteiger partial charge in [-0.2, -0.15) is 0 Å². The first-order valence-corrected chi connectivity index (χ1v) is 8.17. The van der Waals surface area contributed by atoms with Crippen LogP contribution >= 0.6 is 0 Å². The summed E-state index contributed by atoms with van der Waals surface area (Å²) in [5, 5.41) is 0.